The van der Waals surface area contributed by atoms with Gasteiger partial charge in [-0.15, -0.1) is 0 Å². The smallest absolute Gasteiger partial charge is 0.248 e. The molecule has 0 radical (unpaired) electrons. The summed E-state index contributed by atoms with van der Waals surface area (Å²) in [6.45, 7) is 0. The van der Waals surface area contributed by atoms with Crippen LogP contribution >= 0.6 is 11.6 Å². The number of anilines is 1. The fourth-order valence-corrected chi connectivity index (χ4v) is 1.70. The summed E-state index contributed by atoms with van der Waals surface area (Å²) in [5, 5.41) is 3.11. The van der Waals surface area contributed by atoms with Gasteiger partial charge in [-0.1, -0.05) is 35.9 Å². The molecule has 0 aliphatic heterocycles. The van der Waals surface area contributed by atoms with Crippen molar-refractivity contribution >= 4 is 29.3 Å². The molecule has 2 aromatic rings. The van der Waals surface area contributed by atoms with Crippen LogP contribution in [0.25, 0.3) is 6.08 Å². The van der Waals surface area contributed by atoms with Crippen LogP contribution in [0.1, 0.15) is 5.56 Å². The Morgan fingerprint density at radius 2 is 1.95 bits per heavy atom. The SMILES string of the molecule is O=C(/C=C/c1cccc(F)c1)Nc1ccccc1Cl. The third-order valence-electron chi connectivity index (χ3n) is 2.41. The molecule has 4 heteroatoms. The fraction of sp³-hybridized carbons (Fsp3) is 0. The first-order valence-electron chi connectivity index (χ1n) is 5.64. The lowest BCUT2D eigenvalue weighted by Gasteiger charge is -2.03. The molecule has 96 valence electrons. The maximum Gasteiger partial charge on any atom is 0.248 e. The number of benzene rings is 2. The molecule has 0 aliphatic carbocycles. The molecule has 0 saturated carbocycles. The number of nitrogens with one attached hydrogen (secondary N) is 1. The molecule has 2 rings (SSSR count). The second-order valence-corrected chi connectivity index (χ2v) is 4.26. The maximum atomic E-state index is 12.9. The number of amides is 1. The van der Waals surface area contributed by atoms with E-state index >= 15 is 0 Å². The van der Waals surface area contributed by atoms with Gasteiger partial charge in [0.05, 0.1) is 10.7 Å². The van der Waals surface area contributed by atoms with Crippen LogP contribution in [0.5, 0.6) is 0 Å². The summed E-state index contributed by atoms with van der Waals surface area (Å²) in [6, 6.07) is 12.9. The molecule has 0 saturated heterocycles. The van der Waals surface area contributed by atoms with Gasteiger partial charge < -0.3 is 5.32 Å². The Kier molecular flexibility index (Phi) is 4.31. The Morgan fingerprint density at radius 3 is 2.68 bits per heavy atom. The van der Waals surface area contributed by atoms with E-state index in [1.807, 2.05) is 0 Å². The average Bonchev–Trinajstić information content (AvgIpc) is 2.39. The summed E-state index contributed by atoms with van der Waals surface area (Å²) in [7, 11) is 0. The first-order valence-corrected chi connectivity index (χ1v) is 6.02. The molecule has 0 spiro atoms. The Labute approximate surface area is 115 Å². The Balaban J connectivity index is 2.04. The molecule has 0 heterocycles. The zero-order valence-corrected chi connectivity index (χ0v) is 10.7. The monoisotopic (exact) mass is 275 g/mol. The van der Waals surface area contributed by atoms with Crippen LogP contribution in [-0.4, -0.2) is 5.91 Å². The molecule has 0 unspecified atom stereocenters. The lowest BCUT2D eigenvalue weighted by Crippen LogP contribution is -2.07. The zero-order chi connectivity index (χ0) is 13.7. The quantitative estimate of drug-likeness (QED) is 0.839. The molecule has 19 heavy (non-hydrogen) atoms. The van der Waals surface area contributed by atoms with Gasteiger partial charge in [0.25, 0.3) is 0 Å². The number of rotatable bonds is 3. The van der Waals surface area contributed by atoms with Crippen molar-refractivity contribution in [2.24, 2.45) is 0 Å². The highest BCUT2D eigenvalue weighted by molar-refractivity contribution is 6.33. The summed E-state index contributed by atoms with van der Waals surface area (Å²) >= 11 is 5.92. The number of carbonyl (C=O) groups excluding carboxylic acids is 1. The van der Waals surface area contributed by atoms with E-state index in [0.29, 0.717) is 16.3 Å². The van der Waals surface area contributed by atoms with Gasteiger partial charge >= 0.3 is 0 Å². The van der Waals surface area contributed by atoms with E-state index in [-0.39, 0.29) is 11.7 Å². The lowest BCUT2D eigenvalue weighted by molar-refractivity contribution is -0.111. The second-order valence-electron chi connectivity index (χ2n) is 3.86. The van der Waals surface area contributed by atoms with E-state index in [4.69, 9.17) is 11.6 Å². The minimum atomic E-state index is -0.339. The van der Waals surface area contributed by atoms with Crippen LogP contribution < -0.4 is 5.32 Å². The van der Waals surface area contributed by atoms with Gasteiger partial charge in [-0.05, 0) is 35.9 Å². The molecule has 0 fully saturated rings. The van der Waals surface area contributed by atoms with Crippen molar-refractivity contribution < 1.29 is 9.18 Å². The molecule has 0 atom stereocenters. The van der Waals surface area contributed by atoms with Crippen LogP contribution in [0, 0.1) is 5.82 Å². The lowest BCUT2D eigenvalue weighted by atomic mass is 10.2. The van der Waals surface area contributed by atoms with Gasteiger partial charge in [-0.3, -0.25) is 4.79 Å². The fourth-order valence-electron chi connectivity index (χ4n) is 1.52. The van der Waals surface area contributed by atoms with Crippen molar-refractivity contribution in [2.75, 3.05) is 5.32 Å². The van der Waals surface area contributed by atoms with Gasteiger partial charge in [0, 0.05) is 6.08 Å². The van der Waals surface area contributed by atoms with E-state index in [1.54, 1.807) is 36.4 Å². The van der Waals surface area contributed by atoms with Crippen molar-refractivity contribution in [3.05, 3.63) is 71.0 Å². The minimum Gasteiger partial charge on any atom is -0.321 e. The minimum absolute atomic E-state index is 0.322. The highest BCUT2D eigenvalue weighted by atomic mass is 35.5. The molecule has 1 N–H and O–H groups in total. The average molecular weight is 276 g/mol. The summed E-state index contributed by atoms with van der Waals surface area (Å²) < 4.78 is 12.9. The van der Waals surface area contributed by atoms with E-state index in [0.717, 1.165) is 0 Å². The van der Waals surface area contributed by atoms with Gasteiger partial charge in [-0.25, -0.2) is 4.39 Å². The van der Waals surface area contributed by atoms with E-state index in [1.165, 1.54) is 24.3 Å². The molecule has 2 nitrogen and oxygen atoms in total. The van der Waals surface area contributed by atoms with E-state index in [2.05, 4.69) is 5.32 Å². The highest BCUT2D eigenvalue weighted by Crippen LogP contribution is 2.20. The van der Waals surface area contributed by atoms with Gasteiger partial charge in [-0.2, -0.15) is 0 Å². The topological polar surface area (TPSA) is 29.1 Å². The standard InChI is InChI=1S/C15H11ClFNO/c16-13-6-1-2-7-14(13)18-15(19)9-8-11-4-3-5-12(17)10-11/h1-10H,(H,18,19)/b9-8+. The summed E-state index contributed by atoms with van der Waals surface area (Å²) in [5.41, 5.74) is 1.16. The highest BCUT2D eigenvalue weighted by Gasteiger charge is 2.01. The molecule has 0 bridgehead atoms. The summed E-state index contributed by atoms with van der Waals surface area (Å²) in [4.78, 5) is 11.7. The summed E-state index contributed by atoms with van der Waals surface area (Å²) in [5.74, 6) is -0.661. The van der Waals surface area contributed by atoms with Crippen molar-refractivity contribution in [1.29, 1.82) is 0 Å². The third-order valence-corrected chi connectivity index (χ3v) is 2.74. The third kappa shape index (κ3) is 3.93. The number of hydrogen-bond donors (Lipinski definition) is 1. The van der Waals surface area contributed by atoms with Crippen LogP contribution in [-0.2, 0) is 4.79 Å². The van der Waals surface area contributed by atoms with E-state index in [9.17, 15) is 9.18 Å². The zero-order valence-electron chi connectivity index (χ0n) is 9.94. The number of para-hydroxylation sites is 1. The van der Waals surface area contributed by atoms with Crippen LogP contribution in [0.15, 0.2) is 54.6 Å². The normalized spacial score (nSPS) is 10.6. The molecular weight excluding hydrogens is 265 g/mol. The number of halogens is 2. The Bertz CT molecular complexity index is 625. The van der Waals surface area contributed by atoms with Gasteiger partial charge in [0.2, 0.25) is 5.91 Å². The summed E-state index contributed by atoms with van der Waals surface area (Å²) in [6.07, 6.45) is 2.87. The van der Waals surface area contributed by atoms with Crippen molar-refractivity contribution in [3.8, 4) is 0 Å². The van der Waals surface area contributed by atoms with Crippen LogP contribution in [0.4, 0.5) is 10.1 Å². The molecule has 0 aromatic heterocycles. The molecule has 0 aliphatic rings. The number of carbonyl (C=O) groups is 1. The predicted octanol–water partition coefficient (Wildman–Crippen LogP) is 4.13. The first-order chi connectivity index (χ1) is 9.15. The van der Waals surface area contributed by atoms with Gasteiger partial charge in [0.1, 0.15) is 5.82 Å². The largest absolute Gasteiger partial charge is 0.321 e. The van der Waals surface area contributed by atoms with Crippen molar-refractivity contribution in [1.82, 2.24) is 0 Å². The van der Waals surface area contributed by atoms with Crippen LogP contribution in [0.3, 0.4) is 0 Å². The molecule has 2 aromatic carbocycles. The Morgan fingerprint density at radius 1 is 1.16 bits per heavy atom. The predicted molar refractivity (Wildman–Crippen MR) is 75.5 cm³/mol. The van der Waals surface area contributed by atoms with Crippen molar-refractivity contribution in [2.45, 2.75) is 0 Å². The Hall–Kier alpha value is -2.13. The van der Waals surface area contributed by atoms with Crippen molar-refractivity contribution in [3.63, 3.8) is 0 Å². The van der Waals surface area contributed by atoms with E-state index < -0.39 is 0 Å². The first kappa shape index (κ1) is 13.3. The maximum absolute atomic E-state index is 12.9. The van der Waals surface area contributed by atoms with Crippen LogP contribution in [0.2, 0.25) is 5.02 Å². The second kappa shape index (κ2) is 6.16. The number of hydrogen-bond acceptors (Lipinski definition) is 1. The van der Waals surface area contributed by atoms with Gasteiger partial charge in [0.15, 0.2) is 0 Å². The molecule has 1 amide bonds. The molecular formula is C15H11ClFNO.